The van der Waals surface area contributed by atoms with E-state index in [0.29, 0.717) is 22.8 Å². The number of aryl methyl sites for hydroxylation is 1. The summed E-state index contributed by atoms with van der Waals surface area (Å²) < 4.78 is 1.45. The van der Waals surface area contributed by atoms with Crippen LogP contribution in [-0.4, -0.2) is 27.6 Å². The molecule has 32 heavy (non-hydrogen) atoms. The molecule has 6 nitrogen and oxygen atoms in total. The number of hydrogen-bond acceptors (Lipinski definition) is 5. The molecule has 3 rings (SSSR count). The van der Waals surface area contributed by atoms with Crippen LogP contribution in [0.3, 0.4) is 0 Å². The average molecular weight is 435 g/mol. The fraction of sp³-hybridized carbons (Fsp3) is 0.385. The SMILES string of the molecule is CNc1ccc(C(=O)n2c(C)nc(-c3cc(C(C)(C)C)c(O)c(C(C)(C)C)c3)c2N)cc1. The van der Waals surface area contributed by atoms with Gasteiger partial charge in [0.1, 0.15) is 23.1 Å². The number of hydrogen-bond donors (Lipinski definition) is 3. The van der Waals surface area contributed by atoms with Crippen molar-refractivity contribution in [1.29, 1.82) is 0 Å². The topological polar surface area (TPSA) is 93.2 Å². The summed E-state index contributed by atoms with van der Waals surface area (Å²) in [5, 5.41) is 14.1. The first-order valence-corrected chi connectivity index (χ1v) is 10.8. The zero-order chi connectivity index (χ0) is 24.0. The summed E-state index contributed by atoms with van der Waals surface area (Å²) in [4.78, 5) is 17.9. The number of nitrogens with one attached hydrogen (secondary N) is 1. The summed E-state index contributed by atoms with van der Waals surface area (Å²) in [6.45, 7) is 14.1. The van der Waals surface area contributed by atoms with E-state index in [-0.39, 0.29) is 22.6 Å². The van der Waals surface area contributed by atoms with Gasteiger partial charge in [-0.05, 0) is 54.2 Å². The van der Waals surface area contributed by atoms with Crippen LogP contribution in [0.2, 0.25) is 0 Å². The summed E-state index contributed by atoms with van der Waals surface area (Å²) in [5.41, 5.74) is 10.3. The molecule has 0 radical (unpaired) electrons. The van der Waals surface area contributed by atoms with Crippen molar-refractivity contribution in [1.82, 2.24) is 9.55 Å². The van der Waals surface area contributed by atoms with Gasteiger partial charge in [-0.15, -0.1) is 0 Å². The minimum atomic E-state index is -0.280. The maximum absolute atomic E-state index is 13.2. The van der Waals surface area contributed by atoms with Crippen LogP contribution in [0.4, 0.5) is 11.5 Å². The van der Waals surface area contributed by atoms with Crippen molar-refractivity contribution in [2.75, 3.05) is 18.1 Å². The van der Waals surface area contributed by atoms with Crippen LogP contribution in [0.1, 0.15) is 68.9 Å². The molecule has 1 aromatic heterocycles. The molecule has 4 N–H and O–H groups in total. The highest BCUT2D eigenvalue weighted by Crippen LogP contribution is 2.42. The molecule has 0 saturated carbocycles. The second-order valence-corrected chi connectivity index (χ2v) is 10.3. The normalized spacial score (nSPS) is 12.1. The predicted octanol–water partition coefficient (Wildman–Crippen LogP) is 5.47. The minimum absolute atomic E-state index is 0.229. The standard InChI is InChI=1S/C26H34N4O2/c1-15-29-21(23(27)30(15)24(32)16-9-11-18(28-8)12-10-16)17-13-19(25(2,3)4)22(31)20(14-17)26(5,6)7/h9-14,28,31H,27H2,1-8H3. The highest BCUT2D eigenvalue weighted by molar-refractivity contribution is 5.99. The van der Waals surface area contributed by atoms with Crippen LogP contribution in [0.15, 0.2) is 36.4 Å². The minimum Gasteiger partial charge on any atom is -0.507 e. The molecule has 0 atom stereocenters. The molecule has 0 amide bonds. The quantitative estimate of drug-likeness (QED) is 0.508. The van der Waals surface area contributed by atoms with Crippen LogP contribution in [-0.2, 0) is 10.8 Å². The Morgan fingerprint density at radius 1 is 1.00 bits per heavy atom. The molecule has 170 valence electrons. The first kappa shape index (κ1) is 23.4. The Labute approximate surface area is 190 Å². The van der Waals surface area contributed by atoms with Crippen LogP contribution in [0.5, 0.6) is 5.75 Å². The molecule has 6 heteroatoms. The Kier molecular flexibility index (Phi) is 5.85. The van der Waals surface area contributed by atoms with Crippen molar-refractivity contribution >= 4 is 17.4 Å². The van der Waals surface area contributed by atoms with Crippen LogP contribution < -0.4 is 11.1 Å². The van der Waals surface area contributed by atoms with Gasteiger partial charge in [0.15, 0.2) is 0 Å². The van der Waals surface area contributed by atoms with Crippen molar-refractivity contribution in [3.63, 3.8) is 0 Å². The van der Waals surface area contributed by atoms with E-state index in [2.05, 4.69) is 51.8 Å². The zero-order valence-corrected chi connectivity index (χ0v) is 20.3. The molecule has 0 aliphatic heterocycles. The number of phenols is 1. The molecule has 3 aromatic rings. The number of carbonyl (C=O) groups excluding carboxylic acids is 1. The number of aromatic nitrogens is 2. The Morgan fingerprint density at radius 3 is 1.94 bits per heavy atom. The molecule has 0 aliphatic rings. The van der Waals surface area contributed by atoms with Gasteiger partial charge < -0.3 is 16.2 Å². The van der Waals surface area contributed by atoms with Gasteiger partial charge in [-0.3, -0.25) is 4.79 Å². The smallest absolute Gasteiger partial charge is 0.264 e. The number of benzene rings is 2. The van der Waals surface area contributed by atoms with E-state index < -0.39 is 0 Å². The van der Waals surface area contributed by atoms with Crippen molar-refractivity contribution in [3.05, 3.63) is 58.9 Å². The number of nitrogens with two attached hydrogens (primary N) is 1. The first-order chi connectivity index (χ1) is 14.8. The Bertz CT molecular complexity index is 1130. The fourth-order valence-corrected chi connectivity index (χ4v) is 3.84. The van der Waals surface area contributed by atoms with Gasteiger partial charge in [-0.2, -0.15) is 0 Å². The number of nitrogens with zero attached hydrogens (tertiary/aromatic N) is 2. The van der Waals surface area contributed by atoms with Crippen molar-refractivity contribution < 1.29 is 9.90 Å². The molecule has 0 saturated heterocycles. The number of carbonyl (C=O) groups is 1. The molecular weight excluding hydrogens is 400 g/mol. The van der Waals surface area contributed by atoms with Crippen LogP contribution in [0.25, 0.3) is 11.3 Å². The van der Waals surface area contributed by atoms with Crippen LogP contribution in [0, 0.1) is 6.92 Å². The number of imidazole rings is 1. The van der Waals surface area contributed by atoms with Gasteiger partial charge in [-0.25, -0.2) is 9.55 Å². The molecule has 1 heterocycles. The number of aromatic hydroxyl groups is 1. The van der Waals surface area contributed by atoms with Gasteiger partial charge in [0.05, 0.1) is 0 Å². The zero-order valence-electron chi connectivity index (χ0n) is 20.3. The number of rotatable bonds is 3. The van der Waals surface area contributed by atoms with Gasteiger partial charge in [-0.1, -0.05) is 41.5 Å². The maximum Gasteiger partial charge on any atom is 0.264 e. The van der Waals surface area contributed by atoms with E-state index in [1.807, 2.05) is 31.3 Å². The van der Waals surface area contributed by atoms with Crippen molar-refractivity contribution in [2.45, 2.75) is 59.3 Å². The molecular formula is C26H34N4O2. The van der Waals surface area contributed by atoms with E-state index >= 15 is 0 Å². The second kappa shape index (κ2) is 8.01. The Hall–Kier alpha value is -3.28. The summed E-state index contributed by atoms with van der Waals surface area (Å²) in [6, 6.07) is 11.1. The Morgan fingerprint density at radius 2 is 1.50 bits per heavy atom. The lowest BCUT2D eigenvalue weighted by Crippen LogP contribution is -2.18. The highest BCUT2D eigenvalue weighted by Gasteiger charge is 2.28. The third-order valence-electron chi connectivity index (χ3n) is 5.70. The lowest BCUT2D eigenvalue weighted by Gasteiger charge is -2.28. The molecule has 0 unspecified atom stereocenters. The summed E-state index contributed by atoms with van der Waals surface area (Å²) in [6.07, 6.45) is 0. The van der Waals surface area contributed by atoms with Crippen LogP contribution >= 0.6 is 0 Å². The van der Waals surface area contributed by atoms with Gasteiger partial charge >= 0.3 is 0 Å². The molecule has 0 aliphatic carbocycles. The first-order valence-electron chi connectivity index (χ1n) is 10.8. The van der Waals surface area contributed by atoms with E-state index in [9.17, 15) is 9.90 Å². The van der Waals surface area contributed by atoms with Gasteiger partial charge in [0, 0.05) is 35.0 Å². The molecule has 0 fully saturated rings. The van der Waals surface area contributed by atoms with E-state index in [1.54, 1.807) is 19.1 Å². The highest BCUT2D eigenvalue weighted by atomic mass is 16.3. The van der Waals surface area contributed by atoms with E-state index in [4.69, 9.17) is 5.73 Å². The van der Waals surface area contributed by atoms with Gasteiger partial charge in [0.2, 0.25) is 0 Å². The summed E-state index contributed by atoms with van der Waals surface area (Å²) in [5.74, 6) is 0.870. The largest absolute Gasteiger partial charge is 0.507 e. The fourth-order valence-electron chi connectivity index (χ4n) is 3.84. The second-order valence-electron chi connectivity index (χ2n) is 10.3. The number of nitrogen functional groups attached to an aromatic ring is 1. The molecule has 0 bridgehead atoms. The number of phenolic OH excluding ortho intramolecular Hbond substituents is 1. The monoisotopic (exact) mass is 434 g/mol. The lowest BCUT2D eigenvalue weighted by atomic mass is 9.78. The van der Waals surface area contributed by atoms with Gasteiger partial charge in [0.25, 0.3) is 5.91 Å². The average Bonchev–Trinajstić information content (AvgIpc) is 3.00. The Balaban J connectivity index is 2.18. The summed E-state index contributed by atoms with van der Waals surface area (Å²) in [7, 11) is 1.83. The predicted molar refractivity (Wildman–Crippen MR) is 132 cm³/mol. The van der Waals surface area contributed by atoms with E-state index in [0.717, 1.165) is 22.4 Å². The molecule has 2 aromatic carbocycles. The van der Waals surface area contributed by atoms with E-state index in [1.165, 1.54) is 4.57 Å². The maximum atomic E-state index is 13.2. The summed E-state index contributed by atoms with van der Waals surface area (Å²) >= 11 is 0. The number of anilines is 2. The van der Waals surface area contributed by atoms with Crippen molar-refractivity contribution in [3.8, 4) is 17.0 Å². The van der Waals surface area contributed by atoms with Crippen molar-refractivity contribution in [2.24, 2.45) is 0 Å². The molecule has 0 spiro atoms. The third-order valence-corrected chi connectivity index (χ3v) is 5.70. The lowest BCUT2D eigenvalue weighted by molar-refractivity contribution is 0.0960. The third kappa shape index (κ3) is 4.22.